The molecule has 5 rings (SSSR count). The maximum atomic E-state index is 12.7. The summed E-state index contributed by atoms with van der Waals surface area (Å²) in [5, 5.41) is 5.53. The van der Waals surface area contributed by atoms with E-state index in [1.165, 1.54) is 17.2 Å². The fraction of sp³-hybridized carbons (Fsp3) is 0.680. The molecule has 0 unspecified atom stereocenters. The molecule has 0 bridgehead atoms. The molecule has 3 fully saturated rings. The van der Waals surface area contributed by atoms with E-state index in [4.69, 9.17) is 9.47 Å². The van der Waals surface area contributed by atoms with Gasteiger partial charge < -0.3 is 14.4 Å². The van der Waals surface area contributed by atoms with Crippen molar-refractivity contribution in [1.82, 2.24) is 19.4 Å². The number of piperidine rings is 1. The van der Waals surface area contributed by atoms with Crippen molar-refractivity contribution in [1.29, 1.82) is 0 Å². The molecule has 2 saturated heterocycles. The Morgan fingerprint density at radius 1 is 1.20 bits per heavy atom. The highest BCUT2D eigenvalue weighted by Crippen LogP contribution is 2.35. The van der Waals surface area contributed by atoms with Gasteiger partial charge in [0.1, 0.15) is 0 Å². The van der Waals surface area contributed by atoms with Crippen LogP contribution < -0.4 is 4.72 Å². The summed E-state index contributed by atoms with van der Waals surface area (Å²) in [5.74, 6) is 0.517. The Hall–Kier alpha value is -2.01. The van der Waals surface area contributed by atoms with Gasteiger partial charge in [-0.05, 0) is 55.7 Å². The van der Waals surface area contributed by atoms with Gasteiger partial charge in [0.05, 0.1) is 49.8 Å². The van der Waals surface area contributed by atoms with Crippen LogP contribution in [0.4, 0.5) is 0 Å². The van der Waals surface area contributed by atoms with Gasteiger partial charge in [-0.15, -0.1) is 0 Å². The molecule has 192 valence electrons. The Balaban J connectivity index is 1.16. The Bertz CT molecular complexity index is 1150. The lowest BCUT2D eigenvalue weighted by Crippen LogP contribution is -2.56. The summed E-state index contributed by atoms with van der Waals surface area (Å²) in [6.45, 7) is 2.50. The van der Waals surface area contributed by atoms with Crippen LogP contribution in [0, 0.1) is 11.8 Å². The van der Waals surface area contributed by atoms with Crippen LogP contribution in [0.25, 0.3) is 10.9 Å². The molecule has 3 heterocycles. The van der Waals surface area contributed by atoms with Gasteiger partial charge in [-0.25, -0.2) is 13.1 Å². The number of hydrogen-bond donors (Lipinski definition) is 1. The minimum atomic E-state index is -3.33. The van der Waals surface area contributed by atoms with E-state index in [0.717, 1.165) is 31.2 Å². The van der Waals surface area contributed by atoms with E-state index in [1.807, 2.05) is 22.8 Å². The number of carbonyl (C=O) groups excluding carboxylic acids is 1. The van der Waals surface area contributed by atoms with Crippen LogP contribution >= 0.6 is 0 Å². The second-order valence-corrected chi connectivity index (χ2v) is 12.2. The number of sulfonamides is 1. The van der Waals surface area contributed by atoms with Crippen LogP contribution in [-0.2, 0) is 31.3 Å². The topological polar surface area (TPSA) is 103 Å². The van der Waals surface area contributed by atoms with Crippen LogP contribution in [0.15, 0.2) is 24.4 Å². The number of fused-ring (bicyclic) bond motifs is 1. The van der Waals surface area contributed by atoms with E-state index in [0.29, 0.717) is 45.2 Å². The zero-order chi connectivity index (χ0) is 24.6. The second-order valence-electron chi connectivity index (χ2n) is 10.5. The zero-order valence-corrected chi connectivity index (χ0v) is 21.4. The number of nitrogens with zero attached hydrogens (tertiary/aromatic N) is 3. The van der Waals surface area contributed by atoms with Crippen molar-refractivity contribution in [2.24, 2.45) is 18.9 Å². The highest BCUT2D eigenvalue weighted by molar-refractivity contribution is 7.88. The van der Waals surface area contributed by atoms with Crippen molar-refractivity contribution in [3.8, 4) is 0 Å². The Morgan fingerprint density at radius 3 is 2.66 bits per heavy atom. The van der Waals surface area contributed by atoms with Crippen molar-refractivity contribution in [3.05, 3.63) is 30.0 Å². The van der Waals surface area contributed by atoms with Gasteiger partial charge in [0.2, 0.25) is 15.9 Å². The average molecular weight is 505 g/mol. The third kappa shape index (κ3) is 5.71. The van der Waals surface area contributed by atoms with E-state index in [1.54, 1.807) is 0 Å². The number of carbonyl (C=O) groups is 1. The van der Waals surface area contributed by atoms with Crippen LogP contribution in [-0.4, -0.2) is 80.3 Å². The van der Waals surface area contributed by atoms with E-state index in [2.05, 4.69) is 28.0 Å². The number of benzene rings is 1. The molecule has 9 nitrogen and oxygen atoms in total. The van der Waals surface area contributed by atoms with Gasteiger partial charge in [0, 0.05) is 37.5 Å². The Morgan fingerprint density at radius 2 is 1.97 bits per heavy atom. The smallest absolute Gasteiger partial charge is 0.230 e. The fourth-order valence-electron chi connectivity index (χ4n) is 5.73. The van der Waals surface area contributed by atoms with Gasteiger partial charge in [0.15, 0.2) is 0 Å². The molecule has 1 aromatic heterocycles. The Labute approximate surface area is 207 Å². The van der Waals surface area contributed by atoms with E-state index < -0.39 is 10.0 Å². The molecule has 2 aliphatic heterocycles. The first-order valence-electron chi connectivity index (χ1n) is 12.6. The molecular weight excluding hydrogens is 468 g/mol. The van der Waals surface area contributed by atoms with Crippen molar-refractivity contribution in [2.45, 2.75) is 50.2 Å². The van der Waals surface area contributed by atoms with Crippen molar-refractivity contribution < 1.29 is 22.7 Å². The highest BCUT2D eigenvalue weighted by Gasteiger charge is 2.38. The summed E-state index contributed by atoms with van der Waals surface area (Å²) >= 11 is 0. The lowest BCUT2D eigenvalue weighted by molar-refractivity contribution is -0.152. The summed E-state index contributed by atoms with van der Waals surface area (Å²) in [6, 6.07) is 6.42. The number of likely N-dealkylation sites (tertiary alicyclic amines) is 1. The number of nitrogens with one attached hydrogen (secondary N) is 1. The first kappa shape index (κ1) is 24.7. The predicted molar refractivity (Wildman–Crippen MR) is 132 cm³/mol. The number of aryl methyl sites for hydroxylation is 1. The minimum Gasteiger partial charge on any atom is -0.380 e. The number of aromatic nitrogens is 2. The van der Waals surface area contributed by atoms with Crippen LogP contribution in [0.3, 0.4) is 0 Å². The van der Waals surface area contributed by atoms with Crippen LogP contribution in [0.5, 0.6) is 0 Å². The summed E-state index contributed by atoms with van der Waals surface area (Å²) in [5.41, 5.74) is 2.51. The molecular formula is C25H36N4O5S. The SMILES string of the molecule is Cn1ncc2cc(C3CCC(OC[C@@H]4CN(C(=O)C5COC5)CC[C@@H]4NS(C)(=O)=O)CC3)ccc21. The molecule has 1 N–H and O–H groups in total. The number of ether oxygens (including phenoxy) is 2. The molecule has 1 amide bonds. The maximum absolute atomic E-state index is 12.7. The standard InChI is InChI=1S/C25H36N4O5S/c1-28-24-8-5-18(11-19(24)12-26-28)17-3-6-22(7-4-17)34-16-20-13-29(25(30)21-14-33-15-21)10-9-23(20)27-35(2,31)32/h5,8,11-12,17,20-23,27H,3-4,6-7,9-10,13-16H2,1-2H3/t17?,20-,22?,23-/m0/s1. The number of amides is 1. The second kappa shape index (κ2) is 10.2. The molecule has 3 aliphatic rings. The number of rotatable bonds is 7. The van der Waals surface area contributed by atoms with Gasteiger partial charge >= 0.3 is 0 Å². The third-order valence-corrected chi connectivity index (χ3v) is 8.59. The summed E-state index contributed by atoms with van der Waals surface area (Å²) in [4.78, 5) is 14.6. The van der Waals surface area contributed by atoms with Crippen LogP contribution in [0.1, 0.15) is 43.6 Å². The minimum absolute atomic E-state index is 0.0582. The molecule has 1 aliphatic carbocycles. The van der Waals surface area contributed by atoms with Gasteiger partial charge in [-0.1, -0.05) is 6.07 Å². The Kier molecular flexibility index (Phi) is 7.16. The van der Waals surface area contributed by atoms with Crippen molar-refractivity contribution in [3.63, 3.8) is 0 Å². The first-order chi connectivity index (χ1) is 16.8. The monoisotopic (exact) mass is 504 g/mol. The summed E-state index contributed by atoms with van der Waals surface area (Å²) in [6.07, 6.45) is 7.98. The first-order valence-corrected chi connectivity index (χ1v) is 14.5. The largest absolute Gasteiger partial charge is 0.380 e. The molecule has 35 heavy (non-hydrogen) atoms. The van der Waals surface area contributed by atoms with Gasteiger partial charge in [0.25, 0.3) is 0 Å². The third-order valence-electron chi connectivity index (χ3n) is 7.86. The predicted octanol–water partition coefficient (Wildman–Crippen LogP) is 2.03. The summed E-state index contributed by atoms with van der Waals surface area (Å²) < 4.78 is 40.1. The van der Waals surface area contributed by atoms with Crippen molar-refractivity contribution >= 4 is 26.8 Å². The molecule has 10 heteroatoms. The van der Waals surface area contributed by atoms with E-state index in [9.17, 15) is 13.2 Å². The molecule has 0 spiro atoms. The molecule has 2 aromatic rings. The number of hydrogen-bond acceptors (Lipinski definition) is 6. The highest BCUT2D eigenvalue weighted by atomic mass is 32.2. The molecule has 1 aromatic carbocycles. The van der Waals surface area contributed by atoms with Crippen molar-refractivity contribution in [2.75, 3.05) is 39.2 Å². The average Bonchev–Trinajstić information content (AvgIpc) is 3.16. The molecule has 1 saturated carbocycles. The molecule has 0 radical (unpaired) electrons. The zero-order valence-electron chi connectivity index (χ0n) is 20.6. The lowest BCUT2D eigenvalue weighted by atomic mass is 9.82. The van der Waals surface area contributed by atoms with E-state index >= 15 is 0 Å². The molecule has 2 atom stereocenters. The van der Waals surface area contributed by atoms with Gasteiger partial charge in [-0.3, -0.25) is 9.48 Å². The maximum Gasteiger partial charge on any atom is 0.230 e. The normalized spacial score (nSPS) is 28.2. The fourth-order valence-corrected chi connectivity index (χ4v) is 6.59. The van der Waals surface area contributed by atoms with E-state index in [-0.39, 0.29) is 29.9 Å². The quantitative estimate of drug-likeness (QED) is 0.619. The van der Waals surface area contributed by atoms with Gasteiger partial charge in [-0.2, -0.15) is 5.10 Å². The lowest BCUT2D eigenvalue weighted by Gasteiger charge is -2.41. The van der Waals surface area contributed by atoms with Crippen LogP contribution in [0.2, 0.25) is 0 Å². The summed E-state index contributed by atoms with van der Waals surface area (Å²) in [7, 11) is -1.37.